The quantitative estimate of drug-likeness (QED) is 0.879. The third-order valence-electron chi connectivity index (χ3n) is 3.70. The number of hydrogen-bond donors (Lipinski definition) is 2. The van der Waals surface area contributed by atoms with Gasteiger partial charge in [-0.2, -0.15) is 0 Å². The number of fused-ring (bicyclic) bond motifs is 1. The number of benzene rings is 1. The second-order valence-corrected chi connectivity index (χ2v) is 5.05. The summed E-state index contributed by atoms with van der Waals surface area (Å²) in [5, 5.41) is 2.95. The van der Waals surface area contributed by atoms with Crippen LogP contribution in [0.15, 0.2) is 36.5 Å². The summed E-state index contributed by atoms with van der Waals surface area (Å²) < 4.78 is 0. The molecule has 3 rings (SSSR count). The van der Waals surface area contributed by atoms with Crippen molar-refractivity contribution >= 4 is 17.3 Å². The summed E-state index contributed by atoms with van der Waals surface area (Å²) in [5.41, 5.74) is 9.94. The number of nitrogen functional groups attached to an aromatic ring is 1. The SMILES string of the molecule is Nc1cccnc1C(=O)Nc1cccc2c1CCCC2. The number of amides is 1. The molecule has 1 aromatic heterocycles. The van der Waals surface area contributed by atoms with Gasteiger partial charge in [-0.1, -0.05) is 12.1 Å². The van der Waals surface area contributed by atoms with E-state index in [0.29, 0.717) is 5.69 Å². The number of anilines is 2. The normalized spacial score (nSPS) is 13.6. The van der Waals surface area contributed by atoms with Crippen LogP contribution in [0.25, 0.3) is 0 Å². The maximum atomic E-state index is 12.3. The number of nitrogens with zero attached hydrogens (tertiary/aromatic N) is 1. The molecule has 0 aliphatic heterocycles. The van der Waals surface area contributed by atoms with E-state index in [1.165, 1.54) is 24.0 Å². The lowest BCUT2D eigenvalue weighted by molar-refractivity contribution is 0.102. The topological polar surface area (TPSA) is 68.0 Å². The van der Waals surface area contributed by atoms with Crippen molar-refractivity contribution in [3.63, 3.8) is 0 Å². The summed E-state index contributed by atoms with van der Waals surface area (Å²) >= 11 is 0. The molecule has 1 aliphatic rings. The highest BCUT2D eigenvalue weighted by atomic mass is 16.1. The summed E-state index contributed by atoms with van der Waals surface area (Å²) in [6.45, 7) is 0. The summed E-state index contributed by atoms with van der Waals surface area (Å²) in [5.74, 6) is -0.248. The van der Waals surface area contributed by atoms with Crippen LogP contribution in [0.2, 0.25) is 0 Å². The highest BCUT2D eigenvalue weighted by Gasteiger charge is 2.16. The van der Waals surface area contributed by atoms with Crippen LogP contribution in [-0.4, -0.2) is 10.9 Å². The van der Waals surface area contributed by atoms with E-state index in [9.17, 15) is 4.79 Å². The summed E-state index contributed by atoms with van der Waals surface area (Å²) in [6, 6.07) is 9.47. The van der Waals surface area contributed by atoms with E-state index in [1.54, 1.807) is 18.3 Å². The average molecular weight is 267 g/mol. The van der Waals surface area contributed by atoms with Crippen molar-refractivity contribution in [2.75, 3.05) is 11.1 Å². The van der Waals surface area contributed by atoms with E-state index in [2.05, 4.69) is 16.4 Å². The van der Waals surface area contributed by atoms with Gasteiger partial charge in [-0.3, -0.25) is 4.79 Å². The van der Waals surface area contributed by atoms with Crippen molar-refractivity contribution in [3.05, 3.63) is 53.3 Å². The molecule has 102 valence electrons. The maximum Gasteiger partial charge on any atom is 0.276 e. The smallest absolute Gasteiger partial charge is 0.276 e. The van der Waals surface area contributed by atoms with Gasteiger partial charge in [0.2, 0.25) is 0 Å². The van der Waals surface area contributed by atoms with Gasteiger partial charge in [0.15, 0.2) is 5.69 Å². The maximum absolute atomic E-state index is 12.3. The molecule has 0 spiro atoms. The molecule has 0 saturated heterocycles. The Labute approximate surface area is 118 Å². The molecule has 3 N–H and O–H groups in total. The van der Waals surface area contributed by atoms with Crippen molar-refractivity contribution in [2.24, 2.45) is 0 Å². The molecule has 1 heterocycles. The number of rotatable bonds is 2. The Morgan fingerprint density at radius 3 is 2.85 bits per heavy atom. The van der Waals surface area contributed by atoms with Crippen molar-refractivity contribution in [2.45, 2.75) is 25.7 Å². The molecule has 0 radical (unpaired) electrons. The van der Waals surface area contributed by atoms with Crippen molar-refractivity contribution in [1.29, 1.82) is 0 Å². The summed E-state index contributed by atoms with van der Waals surface area (Å²) in [7, 11) is 0. The third-order valence-corrected chi connectivity index (χ3v) is 3.70. The minimum absolute atomic E-state index is 0.248. The highest BCUT2D eigenvalue weighted by Crippen LogP contribution is 2.28. The van der Waals surface area contributed by atoms with Crippen LogP contribution in [0, 0.1) is 0 Å². The first-order valence-electron chi connectivity index (χ1n) is 6.88. The predicted octanol–water partition coefficient (Wildman–Crippen LogP) is 2.79. The Bertz CT molecular complexity index is 652. The third kappa shape index (κ3) is 2.37. The van der Waals surface area contributed by atoms with Crippen LogP contribution >= 0.6 is 0 Å². The second-order valence-electron chi connectivity index (χ2n) is 5.05. The number of hydrogen-bond acceptors (Lipinski definition) is 3. The van der Waals surface area contributed by atoms with E-state index < -0.39 is 0 Å². The van der Waals surface area contributed by atoms with E-state index >= 15 is 0 Å². The molecule has 20 heavy (non-hydrogen) atoms. The van der Waals surface area contributed by atoms with Crippen LogP contribution in [0.4, 0.5) is 11.4 Å². The minimum atomic E-state index is -0.248. The Morgan fingerprint density at radius 2 is 2.00 bits per heavy atom. The largest absolute Gasteiger partial charge is 0.397 e. The van der Waals surface area contributed by atoms with Crippen LogP contribution in [0.5, 0.6) is 0 Å². The lowest BCUT2D eigenvalue weighted by atomic mass is 9.90. The molecule has 1 aromatic carbocycles. The zero-order chi connectivity index (χ0) is 13.9. The molecule has 1 amide bonds. The van der Waals surface area contributed by atoms with Gasteiger partial charge in [0.1, 0.15) is 0 Å². The van der Waals surface area contributed by atoms with Gasteiger partial charge in [0.25, 0.3) is 5.91 Å². The van der Waals surface area contributed by atoms with E-state index in [1.807, 2.05) is 12.1 Å². The molecule has 0 atom stereocenters. The Balaban J connectivity index is 1.89. The van der Waals surface area contributed by atoms with Crippen molar-refractivity contribution in [1.82, 2.24) is 4.98 Å². The standard InChI is InChI=1S/C16H17N3O/c17-13-8-4-10-18-15(13)16(20)19-14-9-3-6-11-5-1-2-7-12(11)14/h3-4,6,8-10H,1-2,5,7,17H2,(H,19,20). The molecule has 4 heteroatoms. The summed E-state index contributed by atoms with van der Waals surface area (Å²) in [6.07, 6.45) is 6.07. The van der Waals surface area contributed by atoms with Gasteiger partial charge >= 0.3 is 0 Å². The number of pyridine rings is 1. The number of aryl methyl sites for hydroxylation is 1. The fourth-order valence-corrected chi connectivity index (χ4v) is 2.69. The first-order valence-corrected chi connectivity index (χ1v) is 6.88. The van der Waals surface area contributed by atoms with Gasteiger partial charge in [-0.25, -0.2) is 4.98 Å². The van der Waals surface area contributed by atoms with E-state index in [4.69, 9.17) is 5.73 Å². The first kappa shape index (κ1) is 12.7. The Kier molecular flexibility index (Phi) is 3.37. The Morgan fingerprint density at radius 1 is 1.15 bits per heavy atom. The monoisotopic (exact) mass is 267 g/mol. The predicted molar refractivity (Wildman–Crippen MR) is 79.7 cm³/mol. The van der Waals surface area contributed by atoms with Gasteiger partial charge in [0.05, 0.1) is 5.69 Å². The average Bonchev–Trinajstić information content (AvgIpc) is 2.48. The molecular formula is C16H17N3O. The zero-order valence-corrected chi connectivity index (χ0v) is 11.2. The molecular weight excluding hydrogens is 250 g/mol. The second kappa shape index (κ2) is 5.33. The molecule has 0 fully saturated rings. The van der Waals surface area contributed by atoms with E-state index in [0.717, 1.165) is 18.5 Å². The lowest BCUT2D eigenvalue weighted by Gasteiger charge is -2.19. The van der Waals surface area contributed by atoms with Crippen LogP contribution in [0.3, 0.4) is 0 Å². The fourth-order valence-electron chi connectivity index (χ4n) is 2.69. The molecule has 4 nitrogen and oxygen atoms in total. The fraction of sp³-hybridized carbons (Fsp3) is 0.250. The van der Waals surface area contributed by atoms with Gasteiger partial charge in [-0.15, -0.1) is 0 Å². The number of aromatic nitrogens is 1. The molecule has 2 aromatic rings. The molecule has 0 bridgehead atoms. The number of carbonyl (C=O) groups is 1. The zero-order valence-electron chi connectivity index (χ0n) is 11.2. The number of nitrogens with two attached hydrogens (primary N) is 1. The number of nitrogens with one attached hydrogen (secondary N) is 1. The highest BCUT2D eigenvalue weighted by molar-refractivity contribution is 6.06. The molecule has 0 saturated carbocycles. The summed E-state index contributed by atoms with van der Waals surface area (Å²) in [4.78, 5) is 16.3. The van der Waals surface area contributed by atoms with Crippen LogP contribution < -0.4 is 11.1 Å². The Hall–Kier alpha value is -2.36. The lowest BCUT2D eigenvalue weighted by Crippen LogP contribution is -2.18. The first-order chi connectivity index (χ1) is 9.75. The molecule has 1 aliphatic carbocycles. The van der Waals surface area contributed by atoms with E-state index in [-0.39, 0.29) is 11.6 Å². The van der Waals surface area contributed by atoms with Crippen molar-refractivity contribution < 1.29 is 4.79 Å². The van der Waals surface area contributed by atoms with Crippen LogP contribution in [0.1, 0.15) is 34.5 Å². The van der Waals surface area contributed by atoms with Gasteiger partial charge in [-0.05, 0) is 55.0 Å². The minimum Gasteiger partial charge on any atom is -0.397 e. The van der Waals surface area contributed by atoms with Crippen molar-refractivity contribution in [3.8, 4) is 0 Å². The van der Waals surface area contributed by atoms with Gasteiger partial charge in [0, 0.05) is 11.9 Å². The van der Waals surface area contributed by atoms with Gasteiger partial charge < -0.3 is 11.1 Å². The van der Waals surface area contributed by atoms with Crippen LogP contribution in [-0.2, 0) is 12.8 Å². The molecule has 0 unspecified atom stereocenters. The number of carbonyl (C=O) groups excluding carboxylic acids is 1.